The lowest BCUT2D eigenvalue weighted by Gasteiger charge is -2.05. The molecule has 0 aliphatic carbocycles. The van der Waals surface area contributed by atoms with E-state index in [0.29, 0.717) is 0 Å². The van der Waals surface area contributed by atoms with Crippen LogP contribution in [-0.4, -0.2) is 14.8 Å². The zero-order valence-electron chi connectivity index (χ0n) is 11.3. The van der Waals surface area contributed by atoms with Crippen LogP contribution < -0.4 is 5.32 Å². The van der Waals surface area contributed by atoms with Gasteiger partial charge in [0.1, 0.15) is 0 Å². The van der Waals surface area contributed by atoms with E-state index < -0.39 is 0 Å². The molecule has 0 fully saturated rings. The minimum absolute atomic E-state index is 0.795. The fraction of sp³-hybridized carbons (Fsp3) is 0.286. The molecular formula is C14H16N4S. The standard InChI is InChI=1S/C14H16N4S/c1-9-11(8-18(3)17-9)7-15-12-4-5-13-14(6-12)19-10(2)16-13/h4-6,8,15H,7H2,1-3H3. The molecule has 0 amide bonds. The van der Waals surface area contributed by atoms with E-state index in [9.17, 15) is 0 Å². The van der Waals surface area contributed by atoms with Crippen LogP contribution in [-0.2, 0) is 13.6 Å². The first-order chi connectivity index (χ1) is 9.11. The maximum absolute atomic E-state index is 4.47. The van der Waals surface area contributed by atoms with Gasteiger partial charge in [0.2, 0.25) is 0 Å². The van der Waals surface area contributed by atoms with Gasteiger partial charge in [-0.1, -0.05) is 0 Å². The largest absolute Gasteiger partial charge is 0.381 e. The molecule has 4 nitrogen and oxygen atoms in total. The quantitative estimate of drug-likeness (QED) is 0.796. The Bertz CT molecular complexity index is 726. The zero-order chi connectivity index (χ0) is 13.4. The Morgan fingerprint density at radius 1 is 1.32 bits per heavy atom. The van der Waals surface area contributed by atoms with Gasteiger partial charge in [-0.05, 0) is 32.0 Å². The van der Waals surface area contributed by atoms with Crippen LogP contribution in [0.3, 0.4) is 0 Å². The summed E-state index contributed by atoms with van der Waals surface area (Å²) in [6.45, 7) is 4.87. The van der Waals surface area contributed by atoms with Crippen LogP contribution >= 0.6 is 11.3 Å². The van der Waals surface area contributed by atoms with Crippen LogP contribution in [0.25, 0.3) is 10.2 Å². The van der Waals surface area contributed by atoms with Gasteiger partial charge in [-0.3, -0.25) is 4.68 Å². The van der Waals surface area contributed by atoms with Crippen molar-refractivity contribution in [2.75, 3.05) is 5.32 Å². The monoisotopic (exact) mass is 272 g/mol. The van der Waals surface area contributed by atoms with E-state index in [0.717, 1.165) is 28.5 Å². The molecule has 3 aromatic rings. The van der Waals surface area contributed by atoms with Gasteiger partial charge in [0.25, 0.3) is 0 Å². The molecule has 5 heteroatoms. The zero-order valence-corrected chi connectivity index (χ0v) is 12.1. The number of fused-ring (bicyclic) bond motifs is 1. The van der Waals surface area contributed by atoms with E-state index in [2.05, 4.69) is 39.8 Å². The van der Waals surface area contributed by atoms with Gasteiger partial charge in [-0.25, -0.2) is 4.98 Å². The van der Waals surface area contributed by atoms with Crippen molar-refractivity contribution in [3.8, 4) is 0 Å². The Morgan fingerprint density at radius 2 is 2.16 bits per heavy atom. The number of rotatable bonds is 3. The third-order valence-corrected chi connectivity index (χ3v) is 4.03. The highest BCUT2D eigenvalue weighted by atomic mass is 32.1. The molecule has 3 rings (SSSR count). The van der Waals surface area contributed by atoms with Gasteiger partial charge in [0.05, 0.1) is 20.9 Å². The van der Waals surface area contributed by atoms with E-state index >= 15 is 0 Å². The van der Waals surface area contributed by atoms with Crippen molar-refractivity contribution in [1.29, 1.82) is 0 Å². The molecule has 0 aliphatic heterocycles. The first-order valence-corrected chi connectivity index (χ1v) is 7.03. The minimum Gasteiger partial charge on any atom is -0.381 e. The molecule has 0 aliphatic rings. The van der Waals surface area contributed by atoms with Gasteiger partial charge < -0.3 is 5.32 Å². The number of nitrogens with zero attached hydrogens (tertiary/aromatic N) is 3. The lowest BCUT2D eigenvalue weighted by atomic mass is 10.2. The molecule has 0 bridgehead atoms. The first kappa shape index (κ1) is 12.2. The molecule has 19 heavy (non-hydrogen) atoms. The van der Waals surface area contributed by atoms with E-state index in [4.69, 9.17) is 0 Å². The molecule has 0 saturated carbocycles. The van der Waals surface area contributed by atoms with Gasteiger partial charge in [0.15, 0.2) is 0 Å². The molecule has 1 aromatic carbocycles. The van der Waals surface area contributed by atoms with E-state index in [-0.39, 0.29) is 0 Å². The van der Waals surface area contributed by atoms with Crippen LogP contribution in [0, 0.1) is 13.8 Å². The number of aryl methyl sites for hydroxylation is 3. The lowest BCUT2D eigenvalue weighted by Crippen LogP contribution is -1.99. The van der Waals surface area contributed by atoms with Crippen LogP contribution in [0.1, 0.15) is 16.3 Å². The lowest BCUT2D eigenvalue weighted by molar-refractivity contribution is 0.756. The van der Waals surface area contributed by atoms with E-state index in [1.807, 2.05) is 25.6 Å². The second-order valence-corrected chi connectivity index (χ2v) is 5.92. The summed E-state index contributed by atoms with van der Waals surface area (Å²) in [5.41, 5.74) is 4.50. The number of aromatic nitrogens is 3. The molecule has 0 spiro atoms. The number of thiazole rings is 1. The van der Waals surface area contributed by atoms with Crippen molar-refractivity contribution in [3.05, 3.63) is 40.7 Å². The number of nitrogens with one attached hydrogen (secondary N) is 1. The highest BCUT2D eigenvalue weighted by Crippen LogP contribution is 2.25. The predicted molar refractivity (Wildman–Crippen MR) is 79.6 cm³/mol. The summed E-state index contributed by atoms with van der Waals surface area (Å²) >= 11 is 1.73. The second kappa shape index (κ2) is 4.66. The maximum atomic E-state index is 4.47. The maximum Gasteiger partial charge on any atom is 0.0907 e. The SMILES string of the molecule is Cc1nc2ccc(NCc3cn(C)nc3C)cc2s1. The van der Waals surface area contributed by atoms with Crippen LogP contribution in [0.4, 0.5) is 5.69 Å². The summed E-state index contributed by atoms with van der Waals surface area (Å²) < 4.78 is 3.08. The molecule has 0 radical (unpaired) electrons. The van der Waals surface area contributed by atoms with Crippen molar-refractivity contribution in [3.63, 3.8) is 0 Å². The molecule has 0 saturated heterocycles. The van der Waals surface area contributed by atoms with Gasteiger partial charge in [-0.15, -0.1) is 11.3 Å². The topological polar surface area (TPSA) is 42.7 Å². The summed E-state index contributed by atoms with van der Waals surface area (Å²) in [5.74, 6) is 0. The predicted octanol–water partition coefficient (Wildman–Crippen LogP) is 3.26. The minimum atomic E-state index is 0.795. The molecule has 0 unspecified atom stereocenters. The normalized spacial score (nSPS) is 11.1. The summed E-state index contributed by atoms with van der Waals surface area (Å²) in [6.07, 6.45) is 2.05. The molecule has 2 aromatic heterocycles. The average Bonchev–Trinajstić information content (AvgIpc) is 2.87. The molecule has 2 heterocycles. The van der Waals surface area contributed by atoms with E-state index in [1.165, 1.54) is 10.3 Å². The number of anilines is 1. The Labute approximate surface area is 116 Å². The van der Waals surface area contributed by atoms with Gasteiger partial charge in [-0.2, -0.15) is 5.10 Å². The summed E-state index contributed by atoms with van der Waals surface area (Å²) in [7, 11) is 1.95. The fourth-order valence-corrected chi connectivity index (χ4v) is 3.04. The highest BCUT2D eigenvalue weighted by Gasteiger charge is 2.04. The molecule has 1 N–H and O–H groups in total. The summed E-state index contributed by atoms with van der Waals surface area (Å²) in [4.78, 5) is 4.47. The number of hydrogen-bond donors (Lipinski definition) is 1. The fourth-order valence-electron chi connectivity index (χ4n) is 2.17. The van der Waals surface area contributed by atoms with Crippen molar-refractivity contribution >= 4 is 27.2 Å². The van der Waals surface area contributed by atoms with Crippen molar-refractivity contribution in [2.45, 2.75) is 20.4 Å². The smallest absolute Gasteiger partial charge is 0.0907 e. The van der Waals surface area contributed by atoms with Crippen molar-refractivity contribution in [1.82, 2.24) is 14.8 Å². The Balaban J connectivity index is 1.79. The molecule has 0 atom stereocenters. The number of benzene rings is 1. The number of hydrogen-bond acceptors (Lipinski definition) is 4. The second-order valence-electron chi connectivity index (χ2n) is 4.68. The molecule has 98 valence electrons. The third-order valence-electron chi connectivity index (χ3n) is 3.09. The summed E-state index contributed by atoms with van der Waals surface area (Å²) in [5, 5.41) is 8.89. The van der Waals surface area contributed by atoms with Crippen LogP contribution in [0.15, 0.2) is 24.4 Å². The Kier molecular flexibility index (Phi) is 2.98. The Hall–Kier alpha value is -1.88. The van der Waals surface area contributed by atoms with Crippen LogP contribution in [0.5, 0.6) is 0 Å². The summed E-state index contributed by atoms with van der Waals surface area (Å²) in [6, 6.07) is 6.30. The van der Waals surface area contributed by atoms with Crippen molar-refractivity contribution < 1.29 is 0 Å². The van der Waals surface area contributed by atoms with Gasteiger partial charge >= 0.3 is 0 Å². The average molecular weight is 272 g/mol. The van der Waals surface area contributed by atoms with Gasteiger partial charge in [0, 0.05) is 31.0 Å². The van der Waals surface area contributed by atoms with Crippen molar-refractivity contribution in [2.24, 2.45) is 7.05 Å². The Morgan fingerprint density at radius 3 is 2.89 bits per heavy atom. The van der Waals surface area contributed by atoms with Crippen LogP contribution in [0.2, 0.25) is 0 Å². The third kappa shape index (κ3) is 2.46. The van der Waals surface area contributed by atoms with E-state index in [1.54, 1.807) is 11.3 Å². The highest BCUT2D eigenvalue weighted by molar-refractivity contribution is 7.18. The first-order valence-electron chi connectivity index (χ1n) is 6.22. The molecular weight excluding hydrogens is 256 g/mol.